The van der Waals surface area contributed by atoms with Crippen molar-refractivity contribution in [3.63, 3.8) is 0 Å². The standard InChI is InChI=1S/C30H36ClFN4O4S/c1-5-22(2)33-30(38)28(19-23-11-7-6-8-12-23)35(20-24-13-9-10-14-27(24)31)29(37)21-36(41(39,40)34(3)4)26-17-15-25(32)16-18-26/h6-18,22,28H,5,19-21H2,1-4H3,(H,33,38)/t22-,28-/m0/s1. The molecule has 0 unspecified atom stereocenters. The molecule has 2 atom stereocenters. The summed E-state index contributed by atoms with van der Waals surface area (Å²) in [7, 11) is -1.49. The Kier molecular flexibility index (Phi) is 11.3. The molecule has 0 saturated heterocycles. The van der Waals surface area contributed by atoms with Gasteiger partial charge in [-0.05, 0) is 54.8 Å². The van der Waals surface area contributed by atoms with Crippen molar-refractivity contribution in [1.82, 2.24) is 14.5 Å². The number of hydrogen-bond donors (Lipinski definition) is 1. The second-order valence-electron chi connectivity index (χ2n) is 9.91. The molecule has 8 nitrogen and oxygen atoms in total. The van der Waals surface area contributed by atoms with Crippen LogP contribution in [0.1, 0.15) is 31.4 Å². The number of nitrogens with zero attached hydrogens (tertiary/aromatic N) is 3. The van der Waals surface area contributed by atoms with E-state index in [1.807, 2.05) is 44.2 Å². The van der Waals surface area contributed by atoms with E-state index in [-0.39, 0.29) is 30.6 Å². The highest BCUT2D eigenvalue weighted by Crippen LogP contribution is 2.24. The van der Waals surface area contributed by atoms with Gasteiger partial charge in [0.1, 0.15) is 18.4 Å². The van der Waals surface area contributed by atoms with Crippen molar-refractivity contribution in [2.45, 2.75) is 45.3 Å². The summed E-state index contributed by atoms with van der Waals surface area (Å²) in [5.74, 6) is -1.54. The SMILES string of the molecule is CC[C@H](C)NC(=O)[C@H](Cc1ccccc1)N(Cc1ccccc1Cl)C(=O)CN(c1ccc(F)cc1)S(=O)(=O)N(C)C. The fourth-order valence-corrected chi connectivity index (χ4v) is 5.38. The van der Waals surface area contributed by atoms with Crippen molar-refractivity contribution in [2.24, 2.45) is 0 Å². The van der Waals surface area contributed by atoms with Crippen LogP contribution in [0.3, 0.4) is 0 Å². The van der Waals surface area contributed by atoms with Crippen molar-refractivity contribution < 1.29 is 22.4 Å². The van der Waals surface area contributed by atoms with E-state index in [4.69, 9.17) is 11.6 Å². The largest absolute Gasteiger partial charge is 0.352 e. The maximum Gasteiger partial charge on any atom is 0.304 e. The average molecular weight is 603 g/mol. The van der Waals surface area contributed by atoms with Crippen LogP contribution in [0.2, 0.25) is 5.02 Å². The van der Waals surface area contributed by atoms with Crippen molar-refractivity contribution in [3.05, 3.63) is 101 Å². The Morgan fingerprint density at radius 2 is 1.56 bits per heavy atom. The number of hydrogen-bond acceptors (Lipinski definition) is 4. The van der Waals surface area contributed by atoms with E-state index < -0.39 is 34.5 Å². The van der Waals surface area contributed by atoms with Crippen LogP contribution >= 0.6 is 11.6 Å². The number of carbonyl (C=O) groups is 2. The van der Waals surface area contributed by atoms with Gasteiger partial charge in [0.05, 0.1) is 5.69 Å². The molecule has 0 heterocycles. The summed E-state index contributed by atoms with van der Waals surface area (Å²) >= 11 is 6.47. The monoisotopic (exact) mass is 602 g/mol. The van der Waals surface area contributed by atoms with E-state index in [9.17, 15) is 22.4 Å². The molecule has 3 aromatic carbocycles. The second kappa shape index (κ2) is 14.4. The third-order valence-corrected chi connectivity index (χ3v) is 8.89. The number of amides is 2. The molecule has 3 rings (SSSR count). The van der Waals surface area contributed by atoms with Gasteiger partial charge in [0.25, 0.3) is 0 Å². The minimum Gasteiger partial charge on any atom is -0.352 e. The van der Waals surface area contributed by atoms with Crippen molar-refractivity contribution in [3.8, 4) is 0 Å². The lowest BCUT2D eigenvalue weighted by atomic mass is 10.0. The molecule has 0 aliphatic rings. The Balaban J connectivity index is 2.10. The zero-order valence-corrected chi connectivity index (χ0v) is 25.2. The fraction of sp³-hybridized carbons (Fsp3) is 0.333. The number of carbonyl (C=O) groups excluding carboxylic acids is 2. The number of benzene rings is 3. The Morgan fingerprint density at radius 1 is 0.951 bits per heavy atom. The van der Waals surface area contributed by atoms with Gasteiger partial charge in [-0.2, -0.15) is 12.7 Å². The summed E-state index contributed by atoms with van der Waals surface area (Å²) in [4.78, 5) is 29.3. The minimum atomic E-state index is -4.17. The topological polar surface area (TPSA) is 90.0 Å². The third kappa shape index (κ3) is 8.51. The molecule has 0 spiro atoms. The van der Waals surface area contributed by atoms with Gasteiger partial charge < -0.3 is 10.2 Å². The highest BCUT2D eigenvalue weighted by Gasteiger charge is 2.35. The second-order valence-corrected chi connectivity index (χ2v) is 12.4. The highest BCUT2D eigenvalue weighted by atomic mass is 35.5. The van der Waals surface area contributed by atoms with Crippen LogP contribution < -0.4 is 9.62 Å². The number of anilines is 1. The first-order valence-corrected chi connectivity index (χ1v) is 15.0. The fourth-order valence-electron chi connectivity index (χ4n) is 4.13. The predicted octanol–water partition coefficient (Wildman–Crippen LogP) is 4.65. The van der Waals surface area contributed by atoms with Crippen LogP contribution in [0, 0.1) is 5.82 Å². The zero-order chi connectivity index (χ0) is 30.2. The zero-order valence-electron chi connectivity index (χ0n) is 23.6. The lowest BCUT2D eigenvalue weighted by Gasteiger charge is -2.35. The van der Waals surface area contributed by atoms with E-state index >= 15 is 0 Å². The van der Waals surface area contributed by atoms with Crippen LogP contribution in [0.4, 0.5) is 10.1 Å². The Morgan fingerprint density at radius 3 is 2.15 bits per heavy atom. The van der Waals surface area contributed by atoms with E-state index in [1.165, 1.54) is 31.1 Å². The van der Waals surface area contributed by atoms with Crippen LogP contribution in [0.15, 0.2) is 78.9 Å². The third-order valence-electron chi connectivity index (χ3n) is 6.70. The summed E-state index contributed by atoms with van der Waals surface area (Å²) in [6.45, 7) is 3.15. The van der Waals surface area contributed by atoms with Gasteiger partial charge in [0.15, 0.2) is 0 Å². The molecular weight excluding hydrogens is 567 g/mol. The van der Waals surface area contributed by atoms with Gasteiger partial charge in [-0.25, -0.2) is 8.70 Å². The number of halogens is 2. The van der Waals surface area contributed by atoms with Crippen molar-refractivity contribution in [1.29, 1.82) is 0 Å². The van der Waals surface area contributed by atoms with Crippen molar-refractivity contribution >= 4 is 39.3 Å². The van der Waals surface area contributed by atoms with E-state index in [0.717, 1.165) is 26.3 Å². The van der Waals surface area contributed by atoms with Gasteiger partial charge in [-0.3, -0.25) is 9.59 Å². The molecule has 0 aliphatic carbocycles. The maximum absolute atomic E-state index is 14.2. The maximum atomic E-state index is 14.2. The van der Waals surface area contributed by atoms with Crippen LogP contribution in [0.25, 0.3) is 0 Å². The summed E-state index contributed by atoms with van der Waals surface area (Å²) in [5.41, 5.74) is 1.53. The van der Waals surface area contributed by atoms with E-state index in [2.05, 4.69) is 5.32 Å². The Labute approximate surface area is 246 Å². The minimum absolute atomic E-state index is 0.0385. The van der Waals surface area contributed by atoms with Gasteiger partial charge in [-0.1, -0.05) is 67.1 Å². The molecule has 220 valence electrons. The van der Waals surface area contributed by atoms with Crippen LogP contribution in [0.5, 0.6) is 0 Å². The molecular formula is C30H36ClFN4O4S. The first kappa shape index (κ1) is 32.0. The Hall–Kier alpha value is -3.47. The normalized spacial score (nSPS) is 13.0. The van der Waals surface area contributed by atoms with E-state index in [0.29, 0.717) is 17.0 Å². The summed E-state index contributed by atoms with van der Waals surface area (Å²) in [6, 6.07) is 19.9. The molecule has 0 aromatic heterocycles. The van der Waals surface area contributed by atoms with Gasteiger partial charge in [-0.15, -0.1) is 0 Å². The molecule has 0 saturated carbocycles. The quantitative estimate of drug-likeness (QED) is 0.308. The lowest BCUT2D eigenvalue weighted by Crippen LogP contribution is -2.55. The summed E-state index contributed by atoms with van der Waals surface area (Å²) in [6.07, 6.45) is 0.873. The summed E-state index contributed by atoms with van der Waals surface area (Å²) in [5, 5.41) is 3.38. The van der Waals surface area contributed by atoms with E-state index in [1.54, 1.807) is 24.3 Å². The van der Waals surface area contributed by atoms with Crippen molar-refractivity contribution in [2.75, 3.05) is 24.9 Å². The predicted molar refractivity (Wildman–Crippen MR) is 160 cm³/mol. The molecule has 41 heavy (non-hydrogen) atoms. The summed E-state index contributed by atoms with van der Waals surface area (Å²) < 4.78 is 42.3. The molecule has 0 aliphatic heterocycles. The lowest BCUT2D eigenvalue weighted by molar-refractivity contribution is -0.140. The average Bonchev–Trinajstić information content (AvgIpc) is 2.95. The van der Waals surface area contributed by atoms with Gasteiger partial charge >= 0.3 is 10.2 Å². The number of rotatable bonds is 13. The number of nitrogens with one attached hydrogen (secondary N) is 1. The molecule has 0 bridgehead atoms. The smallest absolute Gasteiger partial charge is 0.304 e. The van der Waals surface area contributed by atoms with Gasteiger partial charge in [0.2, 0.25) is 11.8 Å². The van der Waals surface area contributed by atoms with Gasteiger partial charge in [0, 0.05) is 38.1 Å². The first-order chi connectivity index (χ1) is 19.4. The molecule has 0 fully saturated rings. The van der Waals surface area contributed by atoms with Crippen LogP contribution in [-0.4, -0.2) is 62.2 Å². The molecule has 0 radical (unpaired) electrons. The Bertz CT molecular complexity index is 1420. The molecule has 2 amide bonds. The first-order valence-electron chi connectivity index (χ1n) is 13.3. The molecule has 1 N–H and O–H groups in total. The highest BCUT2D eigenvalue weighted by molar-refractivity contribution is 7.90. The van der Waals surface area contributed by atoms with Crippen LogP contribution in [-0.2, 0) is 32.8 Å². The molecule has 11 heteroatoms. The molecule has 3 aromatic rings.